The van der Waals surface area contributed by atoms with Crippen molar-refractivity contribution in [2.24, 2.45) is 22.1 Å². The molecule has 0 aliphatic heterocycles. The average molecular weight is 223 g/mol. The van der Waals surface area contributed by atoms with E-state index in [2.05, 4.69) is 30.7 Å². The van der Waals surface area contributed by atoms with Gasteiger partial charge >= 0.3 is 0 Å². The van der Waals surface area contributed by atoms with Crippen LogP contribution in [-0.4, -0.2) is 19.0 Å². The first kappa shape index (κ1) is 13.1. The molecule has 1 aliphatic carbocycles. The normalized spacial score (nSPS) is 18.1. The molecule has 3 N–H and O–H groups in total. The summed E-state index contributed by atoms with van der Waals surface area (Å²) in [5.41, 5.74) is 7.14. The summed E-state index contributed by atoms with van der Waals surface area (Å²) in [5, 5.41) is 3.06. The Bertz CT molecular complexity index is 275. The van der Waals surface area contributed by atoms with Gasteiger partial charge in [-0.15, -0.1) is 0 Å². The Morgan fingerprint density at radius 3 is 2.56 bits per heavy atom. The second kappa shape index (κ2) is 5.37. The van der Waals surface area contributed by atoms with Gasteiger partial charge in [0.25, 0.3) is 0 Å². The van der Waals surface area contributed by atoms with Crippen LogP contribution in [0, 0.1) is 11.3 Å². The van der Waals surface area contributed by atoms with Crippen molar-refractivity contribution < 1.29 is 0 Å². The third-order valence-electron chi connectivity index (χ3n) is 3.44. The first-order valence-electron chi connectivity index (χ1n) is 6.10. The lowest BCUT2D eigenvalue weighted by molar-refractivity contribution is 0.130. The molecule has 0 spiro atoms. The van der Waals surface area contributed by atoms with E-state index in [9.17, 15) is 0 Å². The van der Waals surface area contributed by atoms with Gasteiger partial charge in [-0.05, 0) is 31.1 Å². The maximum absolute atomic E-state index is 5.79. The van der Waals surface area contributed by atoms with Crippen LogP contribution in [0.3, 0.4) is 0 Å². The summed E-state index contributed by atoms with van der Waals surface area (Å²) in [6, 6.07) is 0. The summed E-state index contributed by atoms with van der Waals surface area (Å²) in [6.45, 7) is 11.9. The predicted molar refractivity (Wildman–Crippen MR) is 70.4 cm³/mol. The molecular weight excluding hydrogens is 198 g/mol. The summed E-state index contributed by atoms with van der Waals surface area (Å²) in [4.78, 5) is 4.41. The standard InChI is InChI=1S/C13H25N3/c1-10(2)8-15-12(14)16-9-13(3,4)11-6-5-7-11/h11H,1,5-9H2,2-4H3,(H3,14,15,16). The summed E-state index contributed by atoms with van der Waals surface area (Å²) in [6.07, 6.45) is 4.07. The number of hydrogen-bond acceptors (Lipinski definition) is 1. The molecule has 92 valence electrons. The van der Waals surface area contributed by atoms with Crippen LogP contribution in [-0.2, 0) is 0 Å². The van der Waals surface area contributed by atoms with Crippen LogP contribution in [0.15, 0.2) is 17.1 Å². The highest BCUT2D eigenvalue weighted by Crippen LogP contribution is 2.41. The fourth-order valence-corrected chi connectivity index (χ4v) is 1.91. The maximum atomic E-state index is 5.79. The number of hydrogen-bond donors (Lipinski definition) is 2. The van der Waals surface area contributed by atoms with E-state index < -0.39 is 0 Å². The Morgan fingerprint density at radius 1 is 1.50 bits per heavy atom. The fourth-order valence-electron chi connectivity index (χ4n) is 1.91. The van der Waals surface area contributed by atoms with Gasteiger partial charge in [-0.25, -0.2) is 0 Å². The van der Waals surface area contributed by atoms with Gasteiger partial charge < -0.3 is 11.1 Å². The average Bonchev–Trinajstić information content (AvgIpc) is 2.08. The Hall–Kier alpha value is -0.990. The molecule has 3 heteroatoms. The Kier molecular flexibility index (Phi) is 4.39. The number of guanidine groups is 1. The minimum Gasteiger partial charge on any atom is -0.370 e. The van der Waals surface area contributed by atoms with Gasteiger partial charge in [-0.2, -0.15) is 0 Å². The summed E-state index contributed by atoms with van der Waals surface area (Å²) >= 11 is 0. The summed E-state index contributed by atoms with van der Waals surface area (Å²) in [5.74, 6) is 1.36. The van der Waals surface area contributed by atoms with Gasteiger partial charge in [0.15, 0.2) is 5.96 Å². The molecule has 1 aliphatic rings. The number of rotatable bonds is 5. The molecule has 1 fully saturated rings. The van der Waals surface area contributed by atoms with E-state index >= 15 is 0 Å². The molecule has 0 radical (unpaired) electrons. The minimum atomic E-state index is 0.285. The van der Waals surface area contributed by atoms with Crippen molar-refractivity contribution in [1.29, 1.82) is 0 Å². The number of nitrogens with one attached hydrogen (secondary N) is 1. The molecule has 0 aromatic heterocycles. The molecule has 0 aromatic rings. The van der Waals surface area contributed by atoms with Crippen LogP contribution >= 0.6 is 0 Å². The maximum Gasteiger partial charge on any atom is 0.188 e. The molecule has 0 heterocycles. The van der Waals surface area contributed by atoms with E-state index in [0.717, 1.165) is 18.0 Å². The molecule has 0 bridgehead atoms. The lowest BCUT2D eigenvalue weighted by atomic mass is 9.67. The zero-order valence-electron chi connectivity index (χ0n) is 10.8. The Balaban J connectivity index is 2.35. The molecular formula is C13H25N3. The topological polar surface area (TPSA) is 50.4 Å². The zero-order chi connectivity index (χ0) is 12.2. The van der Waals surface area contributed by atoms with Crippen molar-refractivity contribution in [2.75, 3.05) is 13.1 Å². The summed E-state index contributed by atoms with van der Waals surface area (Å²) in [7, 11) is 0. The second-order valence-electron chi connectivity index (χ2n) is 5.63. The largest absolute Gasteiger partial charge is 0.370 e. The van der Waals surface area contributed by atoms with Crippen molar-refractivity contribution >= 4 is 5.96 Å². The van der Waals surface area contributed by atoms with Gasteiger partial charge in [0, 0.05) is 13.1 Å². The van der Waals surface area contributed by atoms with E-state index in [0.29, 0.717) is 12.5 Å². The van der Waals surface area contributed by atoms with Crippen molar-refractivity contribution in [3.05, 3.63) is 12.2 Å². The molecule has 1 saturated carbocycles. The van der Waals surface area contributed by atoms with Crippen LogP contribution in [0.1, 0.15) is 40.0 Å². The molecule has 0 aromatic carbocycles. The lowest BCUT2D eigenvalue weighted by Crippen LogP contribution is -2.36. The third kappa shape index (κ3) is 3.87. The molecule has 0 unspecified atom stereocenters. The fraction of sp³-hybridized carbons (Fsp3) is 0.769. The van der Waals surface area contributed by atoms with E-state index in [1.807, 2.05) is 6.92 Å². The highest BCUT2D eigenvalue weighted by atomic mass is 15.1. The van der Waals surface area contributed by atoms with Crippen LogP contribution < -0.4 is 11.1 Å². The van der Waals surface area contributed by atoms with Crippen LogP contribution in [0.5, 0.6) is 0 Å². The molecule has 0 saturated heterocycles. The number of aliphatic imine (C=N–C) groups is 1. The summed E-state index contributed by atoms with van der Waals surface area (Å²) < 4.78 is 0. The number of nitrogens with zero attached hydrogens (tertiary/aromatic N) is 1. The van der Waals surface area contributed by atoms with Gasteiger partial charge in [0.2, 0.25) is 0 Å². The van der Waals surface area contributed by atoms with Gasteiger partial charge in [0.05, 0.1) is 0 Å². The van der Waals surface area contributed by atoms with Crippen LogP contribution in [0.25, 0.3) is 0 Å². The van der Waals surface area contributed by atoms with Gasteiger partial charge in [0.1, 0.15) is 0 Å². The quantitative estimate of drug-likeness (QED) is 0.427. The first-order chi connectivity index (χ1) is 7.42. The molecule has 0 atom stereocenters. The first-order valence-corrected chi connectivity index (χ1v) is 6.10. The van der Waals surface area contributed by atoms with E-state index in [1.165, 1.54) is 19.3 Å². The SMILES string of the molecule is C=C(C)CNC(N)=NCC(C)(C)C1CCC1. The lowest BCUT2D eigenvalue weighted by Gasteiger charge is -2.39. The van der Waals surface area contributed by atoms with Gasteiger partial charge in [-0.3, -0.25) is 4.99 Å². The second-order valence-corrected chi connectivity index (χ2v) is 5.63. The number of nitrogens with two attached hydrogens (primary N) is 1. The highest BCUT2D eigenvalue weighted by Gasteiger charge is 2.33. The highest BCUT2D eigenvalue weighted by molar-refractivity contribution is 5.78. The van der Waals surface area contributed by atoms with E-state index in [-0.39, 0.29) is 5.41 Å². The van der Waals surface area contributed by atoms with Crippen molar-refractivity contribution in [3.8, 4) is 0 Å². The smallest absolute Gasteiger partial charge is 0.188 e. The Labute approximate surface area is 99.2 Å². The van der Waals surface area contributed by atoms with Crippen LogP contribution in [0.4, 0.5) is 0 Å². The van der Waals surface area contributed by atoms with Crippen molar-refractivity contribution in [1.82, 2.24) is 5.32 Å². The van der Waals surface area contributed by atoms with Crippen LogP contribution in [0.2, 0.25) is 0 Å². The monoisotopic (exact) mass is 223 g/mol. The zero-order valence-corrected chi connectivity index (χ0v) is 10.8. The van der Waals surface area contributed by atoms with E-state index in [4.69, 9.17) is 5.73 Å². The third-order valence-corrected chi connectivity index (χ3v) is 3.44. The van der Waals surface area contributed by atoms with Crippen molar-refractivity contribution in [2.45, 2.75) is 40.0 Å². The van der Waals surface area contributed by atoms with Gasteiger partial charge in [-0.1, -0.05) is 32.4 Å². The molecule has 0 amide bonds. The Morgan fingerprint density at radius 2 is 2.12 bits per heavy atom. The van der Waals surface area contributed by atoms with E-state index in [1.54, 1.807) is 0 Å². The molecule has 1 rings (SSSR count). The predicted octanol–water partition coefficient (Wildman–Crippen LogP) is 2.29. The van der Waals surface area contributed by atoms with Crippen molar-refractivity contribution in [3.63, 3.8) is 0 Å². The molecule has 3 nitrogen and oxygen atoms in total. The molecule has 16 heavy (non-hydrogen) atoms. The minimum absolute atomic E-state index is 0.285.